The number of hydrogen-bond donors (Lipinski definition) is 1. The quantitative estimate of drug-likeness (QED) is 0.369. The minimum atomic E-state index is -0.598. The summed E-state index contributed by atoms with van der Waals surface area (Å²) in [7, 11) is 1.40. The molecule has 1 saturated heterocycles. The molecule has 0 aliphatic carbocycles. The van der Waals surface area contributed by atoms with E-state index in [1.54, 1.807) is 19.1 Å². The van der Waals surface area contributed by atoms with E-state index in [9.17, 15) is 19.2 Å². The third-order valence-corrected chi connectivity index (χ3v) is 6.43. The van der Waals surface area contributed by atoms with Crippen molar-refractivity contribution in [2.24, 2.45) is 0 Å². The molecule has 3 amide bonds. The van der Waals surface area contributed by atoms with E-state index in [-0.39, 0.29) is 34.6 Å². The number of hydrogen-bond acceptors (Lipinski definition) is 8. The van der Waals surface area contributed by atoms with Crippen LogP contribution in [0.4, 0.5) is 10.5 Å². The number of imide groups is 1. The number of thioether (sulfide) groups is 1. The Hall–Kier alpha value is -3.50. The topological polar surface area (TPSA) is 111 Å². The van der Waals surface area contributed by atoms with Crippen molar-refractivity contribution < 1.29 is 33.4 Å². The number of nitrogens with one attached hydrogen (secondary N) is 1. The van der Waals surface area contributed by atoms with Crippen LogP contribution in [0.15, 0.2) is 35.2 Å². The average molecular weight is 533 g/mol. The molecule has 1 fully saturated rings. The molecule has 0 radical (unpaired) electrons. The van der Waals surface area contributed by atoms with Gasteiger partial charge >= 0.3 is 5.97 Å². The second-order valence-electron chi connectivity index (χ2n) is 7.69. The van der Waals surface area contributed by atoms with Crippen LogP contribution in [0.2, 0.25) is 5.02 Å². The highest BCUT2D eigenvalue weighted by Gasteiger charge is 2.36. The first-order valence-electron chi connectivity index (χ1n) is 10.9. The van der Waals surface area contributed by atoms with Crippen molar-refractivity contribution in [1.82, 2.24) is 4.90 Å². The monoisotopic (exact) mass is 532 g/mol. The summed E-state index contributed by atoms with van der Waals surface area (Å²) in [5, 5.41) is 2.32. The lowest BCUT2D eigenvalue weighted by molar-refractivity contribution is -0.145. The van der Waals surface area contributed by atoms with Gasteiger partial charge in [0.05, 0.1) is 23.6 Å². The number of amides is 3. The van der Waals surface area contributed by atoms with Gasteiger partial charge in [-0.15, -0.1) is 0 Å². The number of carbonyl (C=O) groups is 4. The van der Waals surface area contributed by atoms with Crippen LogP contribution in [0, 0.1) is 13.8 Å². The van der Waals surface area contributed by atoms with Gasteiger partial charge < -0.3 is 19.5 Å². The van der Waals surface area contributed by atoms with Gasteiger partial charge in [0.1, 0.15) is 6.54 Å². The highest BCUT2D eigenvalue weighted by Crippen LogP contribution is 2.39. The van der Waals surface area contributed by atoms with E-state index in [2.05, 4.69) is 5.32 Å². The smallest absolute Gasteiger partial charge is 0.344 e. The van der Waals surface area contributed by atoms with Gasteiger partial charge in [0.15, 0.2) is 18.1 Å². The molecule has 1 N–H and O–H groups in total. The Kier molecular flexibility index (Phi) is 9.00. The van der Waals surface area contributed by atoms with Gasteiger partial charge in [0.2, 0.25) is 5.91 Å². The van der Waals surface area contributed by atoms with E-state index in [4.69, 9.17) is 25.8 Å². The highest BCUT2D eigenvalue weighted by atomic mass is 35.5. The maximum absolute atomic E-state index is 12.9. The molecule has 9 nitrogen and oxygen atoms in total. The highest BCUT2D eigenvalue weighted by molar-refractivity contribution is 8.18. The molecular weight excluding hydrogens is 508 g/mol. The van der Waals surface area contributed by atoms with E-state index >= 15 is 0 Å². The third kappa shape index (κ3) is 6.38. The molecule has 190 valence electrons. The second-order valence-corrected chi connectivity index (χ2v) is 9.09. The van der Waals surface area contributed by atoms with Gasteiger partial charge in [0.25, 0.3) is 11.1 Å². The molecule has 0 saturated carbocycles. The fraction of sp³-hybridized carbons (Fsp3) is 0.280. The Balaban J connectivity index is 1.74. The van der Waals surface area contributed by atoms with Gasteiger partial charge in [-0.3, -0.25) is 19.3 Å². The van der Waals surface area contributed by atoms with Crippen LogP contribution < -0.4 is 14.8 Å². The molecule has 36 heavy (non-hydrogen) atoms. The SMILES string of the molecule is CCOC(=O)COc1c(Cl)cc(/C=C2\SC(=O)N(CC(=O)Nc3cccc(C)c3C)C2=O)cc1OC. The molecule has 0 atom stereocenters. The number of methoxy groups -OCH3 is 1. The lowest BCUT2D eigenvalue weighted by Crippen LogP contribution is -2.36. The summed E-state index contributed by atoms with van der Waals surface area (Å²) in [6.07, 6.45) is 1.47. The lowest BCUT2D eigenvalue weighted by Gasteiger charge is -2.14. The van der Waals surface area contributed by atoms with Gasteiger partial charge in [-0.1, -0.05) is 23.7 Å². The fourth-order valence-electron chi connectivity index (χ4n) is 3.30. The Bertz CT molecular complexity index is 1250. The molecule has 0 spiro atoms. The van der Waals surface area contributed by atoms with Gasteiger partial charge in [-0.25, -0.2) is 4.79 Å². The molecular formula is C25H25ClN2O7S. The number of benzene rings is 2. The molecule has 2 aromatic rings. The van der Waals surface area contributed by atoms with Crippen LogP contribution in [-0.2, 0) is 19.1 Å². The van der Waals surface area contributed by atoms with Crippen molar-refractivity contribution in [3.63, 3.8) is 0 Å². The van der Waals surface area contributed by atoms with Crippen LogP contribution in [0.25, 0.3) is 6.08 Å². The predicted octanol–water partition coefficient (Wildman–Crippen LogP) is 4.58. The Morgan fingerprint density at radius 1 is 1.19 bits per heavy atom. The summed E-state index contributed by atoms with van der Waals surface area (Å²) in [5.74, 6) is -1.28. The van der Waals surface area contributed by atoms with E-state index in [1.807, 2.05) is 26.0 Å². The first-order chi connectivity index (χ1) is 17.1. The summed E-state index contributed by atoms with van der Waals surface area (Å²) in [5.41, 5.74) is 2.99. The summed E-state index contributed by atoms with van der Waals surface area (Å²) >= 11 is 7.03. The molecule has 3 rings (SSSR count). The van der Waals surface area contributed by atoms with Crippen LogP contribution in [-0.4, -0.2) is 54.8 Å². The summed E-state index contributed by atoms with van der Waals surface area (Å²) < 4.78 is 15.6. The minimum absolute atomic E-state index is 0.123. The number of carbonyl (C=O) groups excluding carboxylic acids is 4. The van der Waals surface area contributed by atoms with Gasteiger partial charge in [-0.2, -0.15) is 0 Å². The van der Waals surface area contributed by atoms with E-state index < -0.39 is 29.6 Å². The average Bonchev–Trinajstić information content (AvgIpc) is 3.08. The number of esters is 1. The maximum atomic E-state index is 12.9. The zero-order valence-corrected chi connectivity index (χ0v) is 21.7. The first kappa shape index (κ1) is 27.1. The van der Waals surface area contributed by atoms with Crippen LogP contribution in [0.1, 0.15) is 23.6 Å². The molecule has 0 unspecified atom stereocenters. The number of nitrogens with zero attached hydrogens (tertiary/aromatic N) is 1. The van der Waals surface area contributed by atoms with E-state index in [0.29, 0.717) is 23.0 Å². The van der Waals surface area contributed by atoms with Gasteiger partial charge in [-0.05, 0) is 73.5 Å². The zero-order chi connectivity index (χ0) is 26.4. The minimum Gasteiger partial charge on any atom is -0.493 e. The van der Waals surface area contributed by atoms with Crippen molar-refractivity contribution in [3.8, 4) is 11.5 Å². The number of anilines is 1. The van der Waals surface area contributed by atoms with Crippen LogP contribution >= 0.6 is 23.4 Å². The molecule has 0 bridgehead atoms. The van der Waals surface area contributed by atoms with Crippen LogP contribution in [0.5, 0.6) is 11.5 Å². The van der Waals surface area contributed by atoms with Crippen LogP contribution in [0.3, 0.4) is 0 Å². The largest absolute Gasteiger partial charge is 0.493 e. The number of aryl methyl sites for hydroxylation is 1. The molecule has 0 aromatic heterocycles. The Morgan fingerprint density at radius 3 is 2.64 bits per heavy atom. The number of halogens is 1. The van der Waals surface area contributed by atoms with E-state index in [0.717, 1.165) is 16.0 Å². The Morgan fingerprint density at radius 2 is 1.94 bits per heavy atom. The normalized spacial score (nSPS) is 14.2. The first-order valence-corrected chi connectivity index (χ1v) is 12.1. The Labute approximate surface area is 217 Å². The maximum Gasteiger partial charge on any atom is 0.344 e. The van der Waals surface area contributed by atoms with Crippen molar-refractivity contribution in [3.05, 3.63) is 56.9 Å². The third-order valence-electron chi connectivity index (χ3n) is 5.24. The fourth-order valence-corrected chi connectivity index (χ4v) is 4.42. The summed E-state index contributed by atoms with van der Waals surface area (Å²) in [6.45, 7) is 4.92. The van der Waals surface area contributed by atoms with E-state index in [1.165, 1.54) is 19.3 Å². The standard InChI is InChI=1S/C25H25ClN2O7S/c1-5-34-22(30)13-35-23-17(26)9-16(10-19(23)33-4)11-20-24(31)28(25(32)36-20)12-21(29)27-18-8-6-7-14(2)15(18)3/h6-11H,5,12-13H2,1-4H3,(H,27,29)/b20-11-. The molecule has 1 heterocycles. The van der Waals surface area contributed by atoms with Crippen molar-refractivity contribution in [1.29, 1.82) is 0 Å². The van der Waals surface area contributed by atoms with Crippen molar-refractivity contribution in [2.75, 3.05) is 32.2 Å². The summed E-state index contributed by atoms with van der Waals surface area (Å²) in [6, 6.07) is 8.55. The number of rotatable bonds is 9. The number of ether oxygens (including phenoxy) is 3. The molecule has 2 aromatic carbocycles. The zero-order valence-electron chi connectivity index (χ0n) is 20.2. The van der Waals surface area contributed by atoms with Gasteiger partial charge in [0, 0.05) is 5.69 Å². The predicted molar refractivity (Wildman–Crippen MR) is 137 cm³/mol. The van der Waals surface area contributed by atoms with Crippen molar-refractivity contribution >= 4 is 58.1 Å². The molecule has 11 heteroatoms. The molecule has 1 aliphatic heterocycles. The van der Waals surface area contributed by atoms with Crippen molar-refractivity contribution in [2.45, 2.75) is 20.8 Å². The summed E-state index contributed by atoms with van der Waals surface area (Å²) in [4.78, 5) is 50.5. The molecule has 1 aliphatic rings. The second kappa shape index (κ2) is 12.0. The lowest BCUT2D eigenvalue weighted by atomic mass is 10.1.